The molecule has 0 amide bonds. The zero-order valence-corrected chi connectivity index (χ0v) is 19.5. The van der Waals surface area contributed by atoms with E-state index >= 15 is 0 Å². The van der Waals surface area contributed by atoms with Crippen molar-refractivity contribution >= 4 is 5.78 Å². The van der Waals surface area contributed by atoms with Gasteiger partial charge in [0.15, 0.2) is 5.78 Å². The van der Waals surface area contributed by atoms with E-state index in [0.29, 0.717) is 23.6 Å². The van der Waals surface area contributed by atoms with Crippen LogP contribution in [-0.2, 0) is 12.0 Å². The number of hydrogen-bond acceptors (Lipinski definition) is 4. The smallest absolute Gasteiger partial charge is 0.165 e. The molecular weight excluding hydrogens is 386 g/mol. The molecule has 0 bridgehead atoms. The molecule has 2 aromatic carbocycles. The molecule has 0 N–H and O–H groups in total. The Bertz CT molecular complexity index is 1090. The Morgan fingerprint density at radius 3 is 2.23 bits per heavy atom. The molecule has 0 aliphatic heterocycles. The Balaban J connectivity index is 1.98. The first-order valence-corrected chi connectivity index (χ1v) is 10.5. The summed E-state index contributed by atoms with van der Waals surface area (Å²) in [4.78, 5) is 17.1. The molecule has 162 valence electrons. The number of hydrogen-bond donors (Lipinski definition) is 0. The van der Waals surface area contributed by atoms with E-state index in [4.69, 9.17) is 14.5 Å². The van der Waals surface area contributed by atoms with Crippen molar-refractivity contribution in [3.8, 4) is 22.8 Å². The lowest BCUT2D eigenvalue weighted by Gasteiger charge is -2.21. The molecule has 0 fully saturated rings. The van der Waals surface area contributed by atoms with Gasteiger partial charge in [0, 0.05) is 11.6 Å². The molecule has 0 radical (unpaired) electrons. The van der Waals surface area contributed by atoms with Crippen molar-refractivity contribution in [1.29, 1.82) is 0 Å². The SMILES string of the molecule is COc1ccc(COc2cc(-c3ccc(C(C)(C)C)cc3C)nc(C)c2C(C)=O)cc1. The molecule has 0 spiro atoms. The van der Waals surface area contributed by atoms with E-state index in [1.165, 1.54) is 5.56 Å². The molecule has 0 aliphatic carbocycles. The molecule has 3 rings (SSSR count). The van der Waals surface area contributed by atoms with Crippen molar-refractivity contribution in [1.82, 2.24) is 4.98 Å². The second-order valence-corrected chi connectivity index (χ2v) is 8.94. The van der Waals surface area contributed by atoms with Crippen LogP contribution >= 0.6 is 0 Å². The number of pyridine rings is 1. The quantitative estimate of drug-likeness (QED) is 0.432. The van der Waals surface area contributed by atoms with Crippen molar-refractivity contribution in [2.24, 2.45) is 0 Å². The number of benzene rings is 2. The van der Waals surface area contributed by atoms with Crippen LogP contribution in [0, 0.1) is 13.8 Å². The molecule has 1 aromatic heterocycles. The van der Waals surface area contributed by atoms with Crippen LogP contribution in [0.3, 0.4) is 0 Å². The van der Waals surface area contributed by atoms with Crippen molar-refractivity contribution in [3.63, 3.8) is 0 Å². The van der Waals surface area contributed by atoms with E-state index in [1.807, 2.05) is 37.3 Å². The van der Waals surface area contributed by atoms with Crippen molar-refractivity contribution in [3.05, 3.63) is 76.5 Å². The lowest BCUT2D eigenvalue weighted by atomic mass is 9.85. The number of carbonyl (C=O) groups excluding carboxylic acids is 1. The molecule has 4 nitrogen and oxygen atoms in total. The van der Waals surface area contributed by atoms with Gasteiger partial charge in [0.2, 0.25) is 0 Å². The second kappa shape index (κ2) is 8.93. The molecule has 1 heterocycles. The predicted molar refractivity (Wildman–Crippen MR) is 125 cm³/mol. The van der Waals surface area contributed by atoms with Crippen molar-refractivity contribution in [2.75, 3.05) is 7.11 Å². The Labute approximate surface area is 185 Å². The first kappa shape index (κ1) is 22.5. The minimum absolute atomic E-state index is 0.0546. The summed E-state index contributed by atoms with van der Waals surface area (Å²) in [6.45, 7) is 12.5. The van der Waals surface area contributed by atoms with E-state index in [1.54, 1.807) is 14.0 Å². The molecule has 3 aromatic rings. The van der Waals surface area contributed by atoms with Crippen LogP contribution in [0.4, 0.5) is 0 Å². The minimum atomic E-state index is -0.0546. The third-order valence-electron chi connectivity index (χ3n) is 5.44. The largest absolute Gasteiger partial charge is 0.497 e. The summed E-state index contributed by atoms with van der Waals surface area (Å²) in [5.41, 5.74) is 6.56. The van der Waals surface area contributed by atoms with Gasteiger partial charge < -0.3 is 9.47 Å². The molecule has 0 atom stereocenters. The zero-order valence-electron chi connectivity index (χ0n) is 19.5. The number of carbonyl (C=O) groups is 1. The number of methoxy groups -OCH3 is 1. The Morgan fingerprint density at radius 2 is 1.68 bits per heavy atom. The number of aryl methyl sites for hydroxylation is 2. The Morgan fingerprint density at radius 1 is 1.00 bits per heavy atom. The molecule has 4 heteroatoms. The Hall–Kier alpha value is -3.14. The fourth-order valence-electron chi connectivity index (χ4n) is 3.62. The molecule has 0 saturated carbocycles. The minimum Gasteiger partial charge on any atom is -0.497 e. The van der Waals surface area contributed by atoms with E-state index in [0.717, 1.165) is 28.1 Å². The van der Waals surface area contributed by atoms with Crippen LogP contribution in [-0.4, -0.2) is 17.9 Å². The van der Waals surface area contributed by atoms with Gasteiger partial charge in [-0.1, -0.05) is 51.1 Å². The van der Waals surface area contributed by atoms with Crippen LogP contribution < -0.4 is 9.47 Å². The van der Waals surface area contributed by atoms with Crippen molar-refractivity contribution < 1.29 is 14.3 Å². The number of ether oxygens (including phenoxy) is 2. The topological polar surface area (TPSA) is 48.4 Å². The fourth-order valence-corrected chi connectivity index (χ4v) is 3.62. The molecule has 31 heavy (non-hydrogen) atoms. The zero-order chi connectivity index (χ0) is 22.8. The monoisotopic (exact) mass is 417 g/mol. The van der Waals surface area contributed by atoms with Crippen LogP contribution in [0.15, 0.2) is 48.5 Å². The summed E-state index contributed by atoms with van der Waals surface area (Å²) < 4.78 is 11.3. The van der Waals surface area contributed by atoms with Gasteiger partial charge in [-0.15, -0.1) is 0 Å². The molecular formula is C27H31NO3. The highest BCUT2D eigenvalue weighted by Gasteiger charge is 2.19. The summed E-state index contributed by atoms with van der Waals surface area (Å²) in [7, 11) is 1.64. The van der Waals surface area contributed by atoms with Gasteiger partial charge in [-0.2, -0.15) is 0 Å². The van der Waals surface area contributed by atoms with Crippen LogP contribution in [0.1, 0.15) is 60.4 Å². The third kappa shape index (κ3) is 5.13. The predicted octanol–water partition coefficient (Wildman–Crippen LogP) is 6.45. The average Bonchev–Trinajstić information content (AvgIpc) is 2.71. The summed E-state index contributed by atoms with van der Waals surface area (Å²) in [5, 5.41) is 0. The van der Waals surface area contributed by atoms with Gasteiger partial charge in [-0.25, -0.2) is 0 Å². The lowest BCUT2D eigenvalue weighted by Crippen LogP contribution is -2.11. The number of nitrogens with zero attached hydrogens (tertiary/aromatic N) is 1. The summed E-state index contributed by atoms with van der Waals surface area (Å²) in [5.74, 6) is 1.30. The number of aromatic nitrogens is 1. The summed E-state index contributed by atoms with van der Waals surface area (Å²) in [6.07, 6.45) is 0. The van der Waals surface area contributed by atoms with Crippen molar-refractivity contribution in [2.45, 2.75) is 53.6 Å². The first-order valence-electron chi connectivity index (χ1n) is 10.5. The molecule has 0 unspecified atom stereocenters. The normalized spacial score (nSPS) is 11.3. The van der Waals surface area contributed by atoms with Crippen LogP contribution in [0.2, 0.25) is 0 Å². The standard InChI is InChI=1S/C27H31NO3/c1-17-14-21(27(4,5)6)10-13-23(17)24-15-25(26(19(3)29)18(2)28-24)31-16-20-8-11-22(30-7)12-9-20/h8-15H,16H2,1-7H3. The maximum Gasteiger partial charge on any atom is 0.165 e. The Kier molecular flexibility index (Phi) is 6.49. The molecule has 0 aliphatic rings. The van der Waals surface area contributed by atoms with Gasteiger partial charge in [0.1, 0.15) is 18.1 Å². The summed E-state index contributed by atoms with van der Waals surface area (Å²) in [6, 6.07) is 16.1. The second-order valence-electron chi connectivity index (χ2n) is 8.94. The van der Waals surface area contributed by atoms with Gasteiger partial charge in [-0.05, 0) is 55.0 Å². The number of Topliss-reactive ketones (excluding diaryl/α,β-unsaturated/α-hetero) is 1. The fraction of sp³-hybridized carbons (Fsp3) is 0.333. The highest BCUT2D eigenvalue weighted by atomic mass is 16.5. The number of ketones is 1. The third-order valence-corrected chi connectivity index (χ3v) is 5.44. The van der Waals surface area contributed by atoms with Gasteiger partial charge >= 0.3 is 0 Å². The van der Waals surface area contributed by atoms with Gasteiger partial charge in [0.05, 0.1) is 24.1 Å². The average molecular weight is 418 g/mol. The van der Waals surface area contributed by atoms with E-state index < -0.39 is 0 Å². The van der Waals surface area contributed by atoms with Crippen LogP contribution in [0.25, 0.3) is 11.3 Å². The van der Waals surface area contributed by atoms with Crippen LogP contribution in [0.5, 0.6) is 11.5 Å². The first-order chi connectivity index (χ1) is 14.6. The highest BCUT2D eigenvalue weighted by Crippen LogP contribution is 2.33. The van der Waals surface area contributed by atoms with E-state index in [2.05, 4.69) is 45.9 Å². The highest BCUT2D eigenvalue weighted by molar-refractivity contribution is 5.98. The lowest BCUT2D eigenvalue weighted by molar-refractivity contribution is 0.101. The summed E-state index contributed by atoms with van der Waals surface area (Å²) >= 11 is 0. The van der Waals surface area contributed by atoms with E-state index in [9.17, 15) is 4.79 Å². The van der Waals surface area contributed by atoms with Gasteiger partial charge in [-0.3, -0.25) is 9.78 Å². The van der Waals surface area contributed by atoms with E-state index in [-0.39, 0.29) is 11.2 Å². The maximum absolute atomic E-state index is 12.3. The number of rotatable bonds is 6. The maximum atomic E-state index is 12.3. The van der Waals surface area contributed by atoms with Gasteiger partial charge in [0.25, 0.3) is 0 Å². The molecule has 0 saturated heterocycles.